The topological polar surface area (TPSA) is 92.8 Å². The molecule has 0 saturated carbocycles. The zero-order chi connectivity index (χ0) is 17.6. The van der Waals surface area contributed by atoms with Crippen molar-refractivity contribution in [1.82, 2.24) is 9.62 Å². The molecule has 0 aliphatic carbocycles. The summed E-state index contributed by atoms with van der Waals surface area (Å²) in [5.74, 6) is -1.35. The minimum Gasteiger partial charge on any atom is -0.452 e. The van der Waals surface area contributed by atoms with E-state index in [2.05, 4.69) is 5.32 Å². The fraction of sp³-hybridized carbons (Fsp3) is 0.429. The molecule has 1 N–H and O–H groups in total. The molecule has 0 saturated heterocycles. The van der Waals surface area contributed by atoms with Gasteiger partial charge in [-0.2, -0.15) is 4.31 Å². The molecule has 23 heavy (non-hydrogen) atoms. The van der Waals surface area contributed by atoms with E-state index in [9.17, 15) is 18.0 Å². The molecule has 0 radical (unpaired) electrons. The average Bonchev–Trinajstić information content (AvgIpc) is 2.53. The van der Waals surface area contributed by atoms with Gasteiger partial charge in [-0.25, -0.2) is 13.2 Å². The van der Waals surface area contributed by atoms with Gasteiger partial charge in [-0.1, -0.05) is 25.4 Å². The molecule has 0 aliphatic heterocycles. The third-order valence-electron chi connectivity index (χ3n) is 3.11. The highest BCUT2D eigenvalue weighted by Crippen LogP contribution is 2.23. The Kier molecular flexibility index (Phi) is 6.99. The van der Waals surface area contributed by atoms with Crippen molar-refractivity contribution in [1.29, 1.82) is 0 Å². The molecule has 1 aromatic rings. The van der Waals surface area contributed by atoms with Gasteiger partial charge in [-0.05, 0) is 18.2 Å². The van der Waals surface area contributed by atoms with Gasteiger partial charge in [0.1, 0.15) is 0 Å². The quantitative estimate of drug-likeness (QED) is 0.737. The average molecular weight is 363 g/mol. The minimum atomic E-state index is -3.72. The number of benzene rings is 1. The number of esters is 1. The number of hydrogen-bond donors (Lipinski definition) is 1. The molecule has 9 heteroatoms. The Morgan fingerprint density at radius 2 is 1.87 bits per heavy atom. The van der Waals surface area contributed by atoms with Crippen LogP contribution in [0.5, 0.6) is 0 Å². The van der Waals surface area contributed by atoms with Crippen molar-refractivity contribution in [2.75, 3.05) is 26.7 Å². The molecule has 1 rings (SSSR count). The van der Waals surface area contributed by atoms with Crippen LogP contribution < -0.4 is 5.32 Å². The third-order valence-corrected chi connectivity index (χ3v) is 5.49. The highest BCUT2D eigenvalue weighted by atomic mass is 35.5. The lowest BCUT2D eigenvalue weighted by Crippen LogP contribution is -2.30. The van der Waals surface area contributed by atoms with E-state index in [1.807, 2.05) is 0 Å². The monoisotopic (exact) mass is 362 g/mol. The number of amides is 1. The van der Waals surface area contributed by atoms with Gasteiger partial charge >= 0.3 is 5.97 Å². The maximum Gasteiger partial charge on any atom is 0.340 e. The molecule has 0 atom stereocenters. The van der Waals surface area contributed by atoms with E-state index in [1.165, 1.54) is 23.5 Å². The Morgan fingerprint density at radius 1 is 1.26 bits per heavy atom. The molecule has 128 valence electrons. The van der Waals surface area contributed by atoms with Crippen LogP contribution in [0.4, 0.5) is 0 Å². The molecular weight excluding hydrogens is 344 g/mol. The first-order chi connectivity index (χ1) is 10.8. The van der Waals surface area contributed by atoms with Gasteiger partial charge in [0, 0.05) is 20.1 Å². The predicted octanol–water partition coefficient (Wildman–Crippen LogP) is 1.27. The van der Waals surface area contributed by atoms with Gasteiger partial charge in [-0.15, -0.1) is 0 Å². The molecule has 1 amide bonds. The number of rotatable bonds is 7. The van der Waals surface area contributed by atoms with E-state index in [0.29, 0.717) is 13.1 Å². The standard InChI is InChI=1S/C14H19ClN2O5S/c1-4-17(5-2)23(20,21)10-6-7-12(15)11(8-10)14(19)22-9-13(18)16-3/h6-8H,4-5,9H2,1-3H3,(H,16,18). The first kappa shape index (κ1) is 19.4. The van der Waals surface area contributed by atoms with Crippen LogP contribution in [0.25, 0.3) is 0 Å². The van der Waals surface area contributed by atoms with E-state index in [1.54, 1.807) is 13.8 Å². The fourth-order valence-corrected chi connectivity index (χ4v) is 3.49. The largest absolute Gasteiger partial charge is 0.452 e. The van der Waals surface area contributed by atoms with Crippen LogP contribution in [0.3, 0.4) is 0 Å². The lowest BCUT2D eigenvalue weighted by molar-refractivity contribution is -0.123. The van der Waals surface area contributed by atoms with Crippen LogP contribution in [0.15, 0.2) is 23.1 Å². The van der Waals surface area contributed by atoms with Crippen molar-refractivity contribution in [3.05, 3.63) is 28.8 Å². The van der Waals surface area contributed by atoms with Gasteiger partial charge in [-0.3, -0.25) is 4.79 Å². The van der Waals surface area contributed by atoms with E-state index < -0.39 is 28.5 Å². The summed E-state index contributed by atoms with van der Waals surface area (Å²) in [7, 11) is -2.32. The zero-order valence-electron chi connectivity index (χ0n) is 13.1. The normalized spacial score (nSPS) is 11.3. The van der Waals surface area contributed by atoms with Crippen molar-refractivity contribution in [2.45, 2.75) is 18.7 Å². The van der Waals surface area contributed by atoms with E-state index >= 15 is 0 Å². The van der Waals surface area contributed by atoms with Crippen LogP contribution >= 0.6 is 11.6 Å². The van der Waals surface area contributed by atoms with Crippen LogP contribution in [-0.2, 0) is 19.6 Å². The van der Waals surface area contributed by atoms with Crippen molar-refractivity contribution in [2.24, 2.45) is 0 Å². The Labute approximate surface area is 140 Å². The molecule has 0 fully saturated rings. The number of likely N-dealkylation sites (N-methyl/N-ethyl adjacent to an activating group) is 1. The number of nitrogens with zero attached hydrogens (tertiary/aromatic N) is 1. The molecule has 0 spiro atoms. The van der Waals surface area contributed by atoms with Gasteiger partial charge in [0.15, 0.2) is 6.61 Å². The van der Waals surface area contributed by atoms with Gasteiger partial charge < -0.3 is 10.1 Å². The molecule has 7 nitrogen and oxygen atoms in total. The SMILES string of the molecule is CCN(CC)S(=O)(=O)c1ccc(Cl)c(C(=O)OCC(=O)NC)c1. The second-order valence-corrected chi connectivity index (χ2v) is 6.83. The summed E-state index contributed by atoms with van der Waals surface area (Å²) in [5, 5.41) is 2.35. The number of ether oxygens (including phenoxy) is 1. The predicted molar refractivity (Wildman–Crippen MR) is 85.9 cm³/mol. The Bertz CT molecular complexity index is 686. The number of halogens is 1. The Balaban J connectivity index is 3.13. The van der Waals surface area contributed by atoms with Crippen LogP contribution in [0, 0.1) is 0 Å². The highest BCUT2D eigenvalue weighted by Gasteiger charge is 2.24. The number of carbonyl (C=O) groups excluding carboxylic acids is 2. The van der Waals surface area contributed by atoms with Crippen LogP contribution in [-0.4, -0.2) is 51.3 Å². The third kappa shape index (κ3) is 4.66. The summed E-state index contributed by atoms with van der Waals surface area (Å²) >= 11 is 5.93. The van der Waals surface area contributed by atoms with Crippen molar-refractivity contribution in [3.63, 3.8) is 0 Å². The smallest absolute Gasteiger partial charge is 0.340 e. The Morgan fingerprint density at radius 3 is 2.39 bits per heavy atom. The van der Waals surface area contributed by atoms with Crippen LogP contribution in [0.1, 0.15) is 24.2 Å². The maximum atomic E-state index is 12.5. The Hall–Kier alpha value is -1.64. The zero-order valence-corrected chi connectivity index (χ0v) is 14.7. The summed E-state index contributed by atoms with van der Waals surface area (Å²) in [5.41, 5.74) is -0.108. The van der Waals surface area contributed by atoms with Crippen LogP contribution in [0.2, 0.25) is 5.02 Å². The number of hydrogen-bond acceptors (Lipinski definition) is 5. The molecular formula is C14H19ClN2O5S. The summed E-state index contributed by atoms with van der Waals surface area (Å²) in [4.78, 5) is 23.0. The number of sulfonamides is 1. The van der Waals surface area contributed by atoms with Crippen molar-refractivity contribution >= 4 is 33.5 Å². The highest BCUT2D eigenvalue weighted by molar-refractivity contribution is 7.89. The second kappa shape index (κ2) is 8.28. The first-order valence-electron chi connectivity index (χ1n) is 6.95. The molecule has 0 aromatic heterocycles. The first-order valence-corrected chi connectivity index (χ1v) is 8.77. The number of nitrogens with one attached hydrogen (secondary N) is 1. The number of carbonyl (C=O) groups is 2. The van der Waals surface area contributed by atoms with Gasteiger partial charge in [0.25, 0.3) is 5.91 Å². The summed E-state index contributed by atoms with van der Waals surface area (Å²) in [6.07, 6.45) is 0. The molecule has 0 heterocycles. The molecule has 0 bridgehead atoms. The fourth-order valence-electron chi connectivity index (χ4n) is 1.81. The lowest BCUT2D eigenvalue weighted by atomic mass is 10.2. The minimum absolute atomic E-state index is 0.0467. The molecule has 1 aromatic carbocycles. The van der Waals surface area contributed by atoms with E-state index in [0.717, 1.165) is 6.07 Å². The molecule has 0 aliphatic rings. The van der Waals surface area contributed by atoms with Gasteiger partial charge in [0.2, 0.25) is 10.0 Å². The van der Waals surface area contributed by atoms with Crippen molar-refractivity contribution < 1.29 is 22.7 Å². The lowest BCUT2D eigenvalue weighted by Gasteiger charge is -2.19. The summed E-state index contributed by atoms with van der Waals surface area (Å²) in [6.45, 7) is 3.57. The van der Waals surface area contributed by atoms with Gasteiger partial charge in [0.05, 0.1) is 15.5 Å². The van der Waals surface area contributed by atoms with E-state index in [-0.39, 0.29) is 15.5 Å². The second-order valence-electron chi connectivity index (χ2n) is 4.48. The van der Waals surface area contributed by atoms with Crippen molar-refractivity contribution in [3.8, 4) is 0 Å². The summed E-state index contributed by atoms with van der Waals surface area (Å²) < 4.78 is 31.0. The summed E-state index contributed by atoms with van der Waals surface area (Å²) in [6, 6.07) is 3.79. The van der Waals surface area contributed by atoms with E-state index in [4.69, 9.17) is 16.3 Å². The maximum absolute atomic E-state index is 12.5. The molecule has 0 unspecified atom stereocenters.